The quantitative estimate of drug-likeness (QED) is 0.365. The first-order chi connectivity index (χ1) is 18.0. The van der Waals surface area contributed by atoms with Crippen molar-refractivity contribution >= 4 is 28.4 Å². The molecule has 1 aliphatic heterocycles. The number of amides is 1. The van der Waals surface area contributed by atoms with E-state index in [1.54, 1.807) is 30.3 Å². The van der Waals surface area contributed by atoms with Crippen LogP contribution in [0.25, 0.3) is 27.9 Å². The summed E-state index contributed by atoms with van der Waals surface area (Å²) < 4.78 is 29.9. The maximum atomic E-state index is 14.8. The van der Waals surface area contributed by atoms with Crippen molar-refractivity contribution in [1.82, 2.24) is 24.5 Å². The molecule has 7 nitrogen and oxygen atoms in total. The van der Waals surface area contributed by atoms with Crippen molar-refractivity contribution in [3.63, 3.8) is 0 Å². The van der Waals surface area contributed by atoms with Crippen LogP contribution in [0.4, 0.5) is 14.7 Å². The Bertz CT molecular complexity index is 1620. The molecule has 1 amide bonds. The number of hydrogen-bond donors (Lipinski definition) is 0. The molecular formula is C28H24F2N6O. The number of hydrogen-bond acceptors (Lipinski definition) is 5. The van der Waals surface area contributed by atoms with Crippen molar-refractivity contribution in [3.8, 4) is 11.4 Å². The summed E-state index contributed by atoms with van der Waals surface area (Å²) in [5.41, 5.74) is 2.48. The lowest BCUT2D eigenvalue weighted by Gasteiger charge is -2.40. The Morgan fingerprint density at radius 2 is 1.70 bits per heavy atom. The van der Waals surface area contributed by atoms with Crippen LogP contribution < -0.4 is 4.90 Å². The predicted molar refractivity (Wildman–Crippen MR) is 137 cm³/mol. The number of aromatic nitrogens is 4. The van der Waals surface area contributed by atoms with E-state index >= 15 is 0 Å². The third kappa shape index (κ3) is 4.16. The molecule has 1 fully saturated rings. The minimum atomic E-state index is -0.388. The molecule has 0 aliphatic carbocycles. The number of halogens is 2. The summed E-state index contributed by atoms with van der Waals surface area (Å²) in [6.45, 7) is 3.56. The van der Waals surface area contributed by atoms with Gasteiger partial charge in [0.25, 0.3) is 0 Å². The zero-order valence-corrected chi connectivity index (χ0v) is 20.2. The van der Waals surface area contributed by atoms with Gasteiger partial charge in [-0.1, -0.05) is 36.4 Å². The fourth-order valence-electron chi connectivity index (χ4n) is 4.98. The van der Waals surface area contributed by atoms with Crippen LogP contribution in [0.15, 0.2) is 72.8 Å². The van der Waals surface area contributed by atoms with E-state index in [2.05, 4.69) is 15.1 Å². The average molecular weight is 499 g/mol. The second kappa shape index (κ2) is 9.24. The SMILES string of the molecule is C[C@@H]1CN(c2nc3ccccc3c3nnc(-c4ccccc4F)n23)CCN1C(=O)Cc1ccc(F)cc1. The zero-order chi connectivity index (χ0) is 25.5. The summed E-state index contributed by atoms with van der Waals surface area (Å²) in [6.07, 6.45) is 0.214. The van der Waals surface area contributed by atoms with Crippen molar-refractivity contribution < 1.29 is 13.6 Å². The monoisotopic (exact) mass is 498 g/mol. The van der Waals surface area contributed by atoms with Crippen LogP contribution in [0.2, 0.25) is 0 Å². The Hall–Kier alpha value is -4.40. The highest BCUT2D eigenvalue weighted by molar-refractivity contribution is 5.93. The Morgan fingerprint density at radius 1 is 0.946 bits per heavy atom. The Kier molecular flexibility index (Phi) is 5.75. The van der Waals surface area contributed by atoms with Crippen LogP contribution >= 0.6 is 0 Å². The molecule has 37 heavy (non-hydrogen) atoms. The summed E-state index contributed by atoms with van der Waals surface area (Å²) in [7, 11) is 0. The van der Waals surface area contributed by atoms with Gasteiger partial charge in [0.15, 0.2) is 11.5 Å². The predicted octanol–water partition coefficient (Wildman–Crippen LogP) is 4.50. The zero-order valence-electron chi connectivity index (χ0n) is 20.2. The van der Waals surface area contributed by atoms with Crippen LogP contribution in [0.1, 0.15) is 12.5 Å². The first-order valence-electron chi connectivity index (χ1n) is 12.2. The number of carbonyl (C=O) groups is 1. The Balaban J connectivity index is 1.36. The second-order valence-corrected chi connectivity index (χ2v) is 9.28. The summed E-state index contributed by atoms with van der Waals surface area (Å²) >= 11 is 0. The van der Waals surface area contributed by atoms with Crippen molar-refractivity contribution in [2.24, 2.45) is 0 Å². The smallest absolute Gasteiger partial charge is 0.227 e. The Morgan fingerprint density at radius 3 is 2.49 bits per heavy atom. The molecule has 2 aromatic heterocycles. The molecule has 3 aromatic carbocycles. The summed E-state index contributed by atoms with van der Waals surface area (Å²) in [4.78, 5) is 21.9. The highest BCUT2D eigenvalue weighted by Crippen LogP contribution is 2.30. The van der Waals surface area contributed by atoms with Gasteiger partial charge in [0.05, 0.1) is 17.5 Å². The second-order valence-electron chi connectivity index (χ2n) is 9.28. The molecule has 0 radical (unpaired) electrons. The maximum Gasteiger partial charge on any atom is 0.227 e. The summed E-state index contributed by atoms with van der Waals surface area (Å²) in [5, 5.41) is 9.61. The van der Waals surface area contributed by atoms with Gasteiger partial charge in [0.1, 0.15) is 11.6 Å². The van der Waals surface area contributed by atoms with E-state index < -0.39 is 0 Å². The van der Waals surface area contributed by atoms with E-state index in [4.69, 9.17) is 4.98 Å². The van der Waals surface area contributed by atoms with Crippen LogP contribution in [0.3, 0.4) is 0 Å². The number of rotatable bonds is 4. The first-order valence-corrected chi connectivity index (χ1v) is 12.2. The standard InChI is InChI=1S/C28H24F2N6O/c1-18-17-34(14-15-35(18)25(37)16-19-10-12-20(29)13-11-19)28-31-24-9-5-3-7-22(24)27-33-32-26(36(27)28)21-6-2-4-8-23(21)30/h2-13,18H,14-17H2,1H3/t18-/m1/s1. The number of carbonyl (C=O) groups excluding carboxylic acids is 1. The van der Waals surface area contributed by atoms with Gasteiger partial charge in [-0.05, 0) is 48.9 Å². The largest absolute Gasteiger partial charge is 0.338 e. The van der Waals surface area contributed by atoms with Crippen molar-refractivity contribution in [2.45, 2.75) is 19.4 Å². The fraction of sp³-hybridized carbons (Fsp3) is 0.214. The minimum absolute atomic E-state index is 0.00767. The van der Waals surface area contributed by atoms with E-state index in [1.165, 1.54) is 18.2 Å². The van der Waals surface area contributed by atoms with E-state index in [9.17, 15) is 13.6 Å². The van der Waals surface area contributed by atoms with E-state index in [0.717, 1.165) is 16.5 Å². The highest BCUT2D eigenvalue weighted by Gasteiger charge is 2.30. The lowest BCUT2D eigenvalue weighted by atomic mass is 10.1. The van der Waals surface area contributed by atoms with Gasteiger partial charge in [-0.2, -0.15) is 0 Å². The molecule has 1 aliphatic rings. The third-order valence-electron chi connectivity index (χ3n) is 6.84. The van der Waals surface area contributed by atoms with Crippen molar-refractivity contribution in [1.29, 1.82) is 0 Å². The summed E-state index contributed by atoms with van der Waals surface area (Å²) in [6, 6.07) is 20.1. The van der Waals surface area contributed by atoms with Gasteiger partial charge in [-0.3, -0.25) is 4.79 Å². The number of piperazine rings is 1. The molecule has 0 bridgehead atoms. The molecule has 0 saturated carbocycles. The molecular weight excluding hydrogens is 474 g/mol. The molecule has 9 heteroatoms. The van der Waals surface area contributed by atoms with Crippen LogP contribution in [0, 0.1) is 11.6 Å². The maximum absolute atomic E-state index is 14.8. The lowest BCUT2D eigenvalue weighted by molar-refractivity contribution is -0.132. The Labute approximate surface area is 212 Å². The number of anilines is 1. The fourth-order valence-corrected chi connectivity index (χ4v) is 4.98. The average Bonchev–Trinajstić information content (AvgIpc) is 3.35. The van der Waals surface area contributed by atoms with Crippen molar-refractivity contribution in [3.05, 3.63) is 90.0 Å². The minimum Gasteiger partial charge on any atom is -0.338 e. The summed E-state index contributed by atoms with van der Waals surface area (Å²) in [5.74, 6) is 0.265. The number of benzene rings is 3. The molecule has 0 N–H and O–H groups in total. The number of para-hydroxylation sites is 1. The highest BCUT2D eigenvalue weighted by atomic mass is 19.1. The number of nitrogens with zero attached hydrogens (tertiary/aromatic N) is 6. The molecule has 0 spiro atoms. The first kappa shape index (κ1) is 23.0. The van der Waals surface area contributed by atoms with E-state index in [1.807, 2.05) is 40.5 Å². The lowest BCUT2D eigenvalue weighted by Crippen LogP contribution is -2.55. The van der Waals surface area contributed by atoms with Crippen LogP contribution in [-0.4, -0.2) is 56.1 Å². The number of fused-ring (bicyclic) bond motifs is 3. The van der Waals surface area contributed by atoms with Crippen LogP contribution in [0.5, 0.6) is 0 Å². The molecule has 3 heterocycles. The van der Waals surface area contributed by atoms with E-state index in [0.29, 0.717) is 42.6 Å². The van der Waals surface area contributed by atoms with Gasteiger partial charge in [0.2, 0.25) is 11.9 Å². The topological polar surface area (TPSA) is 66.6 Å². The van der Waals surface area contributed by atoms with E-state index in [-0.39, 0.29) is 30.0 Å². The van der Waals surface area contributed by atoms with Gasteiger partial charge in [-0.25, -0.2) is 18.2 Å². The van der Waals surface area contributed by atoms with Gasteiger partial charge < -0.3 is 9.80 Å². The van der Waals surface area contributed by atoms with Gasteiger partial charge in [0, 0.05) is 31.1 Å². The molecule has 1 atom stereocenters. The molecule has 6 rings (SSSR count). The molecule has 186 valence electrons. The third-order valence-corrected chi connectivity index (χ3v) is 6.84. The van der Waals surface area contributed by atoms with Crippen LogP contribution in [-0.2, 0) is 11.2 Å². The van der Waals surface area contributed by atoms with Crippen molar-refractivity contribution in [2.75, 3.05) is 24.5 Å². The van der Waals surface area contributed by atoms with Gasteiger partial charge in [-0.15, -0.1) is 10.2 Å². The molecule has 5 aromatic rings. The molecule has 0 unspecified atom stereocenters. The normalized spacial score (nSPS) is 16.0. The van der Waals surface area contributed by atoms with Gasteiger partial charge >= 0.3 is 0 Å². The molecule has 1 saturated heterocycles.